The van der Waals surface area contributed by atoms with E-state index in [-0.39, 0.29) is 29.7 Å². The molecule has 0 saturated heterocycles. The second-order valence-corrected chi connectivity index (χ2v) is 12.4. The monoisotopic (exact) mass is 622 g/mol. The van der Waals surface area contributed by atoms with Crippen LogP contribution in [0.5, 0.6) is 0 Å². The van der Waals surface area contributed by atoms with Crippen molar-refractivity contribution in [3.8, 4) is 0 Å². The summed E-state index contributed by atoms with van der Waals surface area (Å²) in [5.74, 6) is -0.328. The van der Waals surface area contributed by atoms with E-state index in [0.29, 0.717) is 36.2 Å². The number of methoxy groups -OCH3 is 1. The van der Waals surface area contributed by atoms with Crippen molar-refractivity contribution in [2.45, 2.75) is 90.9 Å². The molecule has 0 aliphatic heterocycles. The number of carboxylic acid groups (broad SMARTS) is 1. The summed E-state index contributed by atoms with van der Waals surface area (Å²) in [6.07, 6.45) is 11.2. The molecule has 0 spiro atoms. The summed E-state index contributed by atoms with van der Waals surface area (Å²) in [6.45, 7) is 5.22. The Hall–Kier alpha value is -3.68. The molecule has 0 unspecified atom stereocenters. The number of esters is 3. The van der Waals surface area contributed by atoms with Gasteiger partial charge in [0, 0.05) is 0 Å². The Bertz CT molecular complexity index is 1250. The smallest absolute Gasteiger partial charge is 0.337 e. The van der Waals surface area contributed by atoms with E-state index in [1.165, 1.54) is 7.11 Å². The summed E-state index contributed by atoms with van der Waals surface area (Å²) in [6, 6.07) is 14.6. The van der Waals surface area contributed by atoms with Gasteiger partial charge >= 0.3 is 23.9 Å². The zero-order valence-electron chi connectivity index (χ0n) is 27.1. The number of hydrogen-bond donors (Lipinski definition) is 1. The molecule has 2 fully saturated rings. The number of carboxylic acids is 1. The molecule has 0 amide bonds. The van der Waals surface area contributed by atoms with Gasteiger partial charge in [-0.3, -0.25) is 9.59 Å². The molecular weight excluding hydrogens is 572 g/mol. The van der Waals surface area contributed by atoms with Crippen LogP contribution in [0.1, 0.15) is 110 Å². The maximum Gasteiger partial charge on any atom is 0.337 e. The maximum absolute atomic E-state index is 12.0. The first-order chi connectivity index (χ1) is 21.7. The van der Waals surface area contributed by atoms with Gasteiger partial charge in [0.2, 0.25) is 0 Å². The van der Waals surface area contributed by atoms with Crippen LogP contribution in [-0.2, 0) is 36.6 Å². The minimum absolute atomic E-state index is 0.0181. The third kappa shape index (κ3) is 12.0. The minimum atomic E-state index is -0.898. The van der Waals surface area contributed by atoms with Crippen LogP contribution in [0.15, 0.2) is 48.5 Å². The first kappa shape index (κ1) is 35.8. The van der Waals surface area contributed by atoms with E-state index in [1.807, 2.05) is 24.3 Å². The molecule has 4 atom stereocenters. The van der Waals surface area contributed by atoms with Gasteiger partial charge < -0.3 is 19.3 Å². The van der Waals surface area contributed by atoms with E-state index in [9.17, 15) is 19.2 Å². The summed E-state index contributed by atoms with van der Waals surface area (Å²) < 4.78 is 15.4. The van der Waals surface area contributed by atoms with Crippen molar-refractivity contribution in [1.82, 2.24) is 0 Å². The molecule has 246 valence electrons. The fourth-order valence-electron chi connectivity index (χ4n) is 6.26. The predicted molar refractivity (Wildman–Crippen MR) is 172 cm³/mol. The molecule has 1 N–H and O–H groups in total. The number of aromatic carboxylic acids is 1. The average Bonchev–Trinajstić information content (AvgIpc) is 3.71. The van der Waals surface area contributed by atoms with Gasteiger partial charge in [-0.15, -0.1) is 0 Å². The van der Waals surface area contributed by atoms with Gasteiger partial charge in [-0.05, 0) is 111 Å². The molecular formula is C37H50O8. The van der Waals surface area contributed by atoms with E-state index in [0.717, 1.165) is 88.2 Å². The Labute approximate surface area is 267 Å². The third-order valence-electron chi connectivity index (χ3n) is 8.80. The van der Waals surface area contributed by atoms with E-state index in [4.69, 9.17) is 19.3 Å². The van der Waals surface area contributed by atoms with Gasteiger partial charge in [-0.25, -0.2) is 9.59 Å². The van der Waals surface area contributed by atoms with Gasteiger partial charge in [0.25, 0.3) is 0 Å². The molecule has 0 radical (unpaired) electrons. The van der Waals surface area contributed by atoms with Gasteiger partial charge in [-0.1, -0.05) is 51.0 Å². The highest BCUT2D eigenvalue weighted by molar-refractivity contribution is 5.89. The van der Waals surface area contributed by atoms with Crippen molar-refractivity contribution < 1.29 is 38.5 Å². The van der Waals surface area contributed by atoms with Crippen LogP contribution in [0.25, 0.3) is 0 Å². The van der Waals surface area contributed by atoms with Crippen LogP contribution < -0.4 is 0 Å². The Morgan fingerprint density at radius 1 is 0.711 bits per heavy atom. The second-order valence-electron chi connectivity index (χ2n) is 12.4. The number of ether oxygens (including phenoxy) is 3. The fraction of sp³-hybridized carbons (Fsp3) is 0.568. The molecule has 8 nitrogen and oxygen atoms in total. The lowest BCUT2D eigenvalue weighted by molar-refractivity contribution is -0.149. The Morgan fingerprint density at radius 2 is 1.18 bits per heavy atom. The SMILES string of the molecule is CCCCOC(=O)[C@@H]1CC[C@@H](Cc2cccc(C(=O)O)c2)C1.CCCCOC(=O)[C@@H]1CC[C@@H](Cc2cccc(C(=O)OC)c2)C1. The predicted octanol–water partition coefficient (Wildman–Crippen LogP) is 7.46. The van der Waals surface area contributed by atoms with Crippen LogP contribution in [0.3, 0.4) is 0 Å². The molecule has 0 bridgehead atoms. The van der Waals surface area contributed by atoms with E-state index < -0.39 is 5.97 Å². The highest BCUT2D eigenvalue weighted by Gasteiger charge is 2.32. The quantitative estimate of drug-likeness (QED) is 0.131. The zero-order valence-corrected chi connectivity index (χ0v) is 27.1. The fourth-order valence-corrected chi connectivity index (χ4v) is 6.26. The summed E-state index contributed by atoms with van der Waals surface area (Å²) in [4.78, 5) is 46.6. The molecule has 8 heteroatoms. The van der Waals surface area contributed by atoms with Crippen molar-refractivity contribution in [2.24, 2.45) is 23.7 Å². The number of unbranched alkanes of at least 4 members (excludes halogenated alkanes) is 2. The largest absolute Gasteiger partial charge is 0.478 e. The summed E-state index contributed by atoms with van der Waals surface area (Å²) in [5.41, 5.74) is 3.06. The van der Waals surface area contributed by atoms with Crippen molar-refractivity contribution in [1.29, 1.82) is 0 Å². The maximum atomic E-state index is 12.0. The molecule has 2 saturated carbocycles. The first-order valence-corrected chi connectivity index (χ1v) is 16.6. The highest BCUT2D eigenvalue weighted by Crippen LogP contribution is 2.35. The molecule has 45 heavy (non-hydrogen) atoms. The van der Waals surface area contributed by atoms with Crippen LogP contribution in [0.4, 0.5) is 0 Å². The first-order valence-electron chi connectivity index (χ1n) is 16.6. The molecule has 2 aliphatic carbocycles. The van der Waals surface area contributed by atoms with E-state index >= 15 is 0 Å². The topological polar surface area (TPSA) is 116 Å². The number of benzene rings is 2. The molecule has 0 heterocycles. The van der Waals surface area contributed by atoms with Crippen LogP contribution in [-0.4, -0.2) is 49.3 Å². The number of carbonyl (C=O) groups is 4. The summed E-state index contributed by atoms with van der Waals surface area (Å²) in [5, 5.41) is 9.03. The van der Waals surface area contributed by atoms with E-state index in [2.05, 4.69) is 13.8 Å². The Morgan fingerprint density at radius 3 is 1.62 bits per heavy atom. The van der Waals surface area contributed by atoms with Crippen molar-refractivity contribution in [3.05, 3.63) is 70.8 Å². The molecule has 2 aliphatic rings. The van der Waals surface area contributed by atoms with Crippen LogP contribution in [0.2, 0.25) is 0 Å². The number of carbonyl (C=O) groups excluding carboxylic acids is 3. The number of hydrogen-bond acceptors (Lipinski definition) is 7. The van der Waals surface area contributed by atoms with E-state index in [1.54, 1.807) is 24.3 Å². The normalized spacial score (nSPS) is 20.5. The lowest BCUT2D eigenvalue weighted by atomic mass is 9.95. The van der Waals surface area contributed by atoms with Crippen molar-refractivity contribution in [3.63, 3.8) is 0 Å². The summed E-state index contributed by atoms with van der Waals surface area (Å²) in [7, 11) is 1.39. The zero-order chi connectivity index (χ0) is 32.6. The molecule has 4 rings (SSSR count). The lowest BCUT2D eigenvalue weighted by Crippen LogP contribution is -2.16. The van der Waals surface area contributed by atoms with Crippen molar-refractivity contribution >= 4 is 23.9 Å². The third-order valence-corrected chi connectivity index (χ3v) is 8.80. The standard InChI is InChI=1S/C19H26O4.C18H24O4/c1-3-4-10-23-19(21)17-9-8-15(13-17)11-14-6-5-7-16(12-14)18(20)22-2;1-2-3-9-22-18(21)16-8-7-14(12-16)10-13-5-4-6-15(11-13)17(19)20/h5-7,12,15,17H,3-4,8-11,13H2,1-2H3;4-6,11,14,16H,2-3,7-10,12H2,1H3,(H,19,20)/t15-,17+;14-,16+/m00/s1. The Kier molecular flexibility index (Phi) is 15.1. The molecule has 2 aromatic rings. The van der Waals surface area contributed by atoms with Crippen LogP contribution in [0, 0.1) is 23.7 Å². The summed E-state index contributed by atoms with van der Waals surface area (Å²) >= 11 is 0. The van der Waals surface area contributed by atoms with Gasteiger partial charge in [0.1, 0.15) is 0 Å². The minimum Gasteiger partial charge on any atom is -0.478 e. The average molecular weight is 623 g/mol. The lowest BCUT2D eigenvalue weighted by Gasteiger charge is -2.12. The highest BCUT2D eigenvalue weighted by atomic mass is 16.5. The second kappa shape index (κ2) is 19.0. The molecule has 0 aromatic heterocycles. The van der Waals surface area contributed by atoms with Gasteiger partial charge in [0.05, 0.1) is 43.3 Å². The van der Waals surface area contributed by atoms with Gasteiger partial charge in [0.15, 0.2) is 0 Å². The van der Waals surface area contributed by atoms with Gasteiger partial charge in [-0.2, -0.15) is 0 Å². The van der Waals surface area contributed by atoms with Crippen LogP contribution >= 0.6 is 0 Å². The molecule has 2 aromatic carbocycles. The Balaban J connectivity index is 0.000000246. The van der Waals surface area contributed by atoms with Crippen molar-refractivity contribution in [2.75, 3.05) is 20.3 Å². The number of rotatable bonds is 14.